The molecule has 0 aliphatic rings. The fraction of sp³-hybridized carbons (Fsp3) is 0.240. The molecule has 3 aromatic carbocycles. The van der Waals surface area contributed by atoms with Crippen LogP contribution in [0.4, 0.5) is 0 Å². The summed E-state index contributed by atoms with van der Waals surface area (Å²) >= 11 is 7.68. The van der Waals surface area contributed by atoms with Gasteiger partial charge < -0.3 is 5.32 Å². The summed E-state index contributed by atoms with van der Waals surface area (Å²) in [5.74, 6) is 0.800. The number of carbonyl (C=O) groups is 1. The first-order valence-electron chi connectivity index (χ1n) is 9.69. The first kappa shape index (κ1) is 21.5. The van der Waals surface area contributed by atoms with E-state index in [2.05, 4.69) is 38.2 Å². The lowest BCUT2D eigenvalue weighted by atomic mass is 9.96. The average molecular weight is 424 g/mol. The van der Waals surface area contributed by atoms with Crippen LogP contribution in [0.15, 0.2) is 65.6 Å². The molecule has 0 unspecified atom stereocenters. The van der Waals surface area contributed by atoms with Crippen LogP contribution in [-0.4, -0.2) is 5.91 Å². The average Bonchev–Trinajstić information content (AvgIpc) is 2.70. The predicted molar refractivity (Wildman–Crippen MR) is 124 cm³/mol. The number of nitrogens with one attached hydrogen (secondary N) is 1. The van der Waals surface area contributed by atoms with Crippen LogP contribution < -0.4 is 5.32 Å². The van der Waals surface area contributed by atoms with E-state index in [9.17, 15) is 4.79 Å². The SMILES string of the molecule is Cc1cc(C)c([C@@H](C)NC(=O)c2ccc(CSc3ccc(Cl)cc3)cc2)cc1C. The number of thioether (sulfide) groups is 1. The zero-order chi connectivity index (χ0) is 21.0. The molecule has 1 amide bonds. The lowest BCUT2D eigenvalue weighted by Crippen LogP contribution is -2.27. The number of aryl methyl sites for hydroxylation is 3. The number of hydrogen-bond donors (Lipinski definition) is 1. The van der Waals surface area contributed by atoms with Gasteiger partial charge in [-0.3, -0.25) is 4.79 Å². The van der Waals surface area contributed by atoms with Crippen LogP contribution in [-0.2, 0) is 5.75 Å². The molecule has 1 atom stereocenters. The second kappa shape index (κ2) is 9.51. The Morgan fingerprint density at radius 1 is 0.931 bits per heavy atom. The van der Waals surface area contributed by atoms with Crippen molar-refractivity contribution in [2.24, 2.45) is 0 Å². The lowest BCUT2D eigenvalue weighted by Gasteiger charge is -2.18. The van der Waals surface area contributed by atoms with Gasteiger partial charge in [0.2, 0.25) is 0 Å². The quantitative estimate of drug-likeness (QED) is 0.430. The van der Waals surface area contributed by atoms with E-state index < -0.39 is 0 Å². The molecule has 0 aliphatic carbocycles. The Hall–Kier alpha value is -2.23. The van der Waals surface area contributed by atoms with Gasteiger partial charge in [-0.05, 0) is 91.9 Å². The second-order valence-electron chi connectivity index (χ2n) is 7.43. The van der Waals surface area contributed by atoms with E-state index >= 15 is 0 Å². The third-order valence-corrected chi connectivity index (χ3v) is 6.47. The van der Waals surface area contributed by atoms with Crippen molar-refractivity contribution in [1.29, 1.82) is 0 Å². The van der Waals surface area contributed by atoms with E-state index in [0.29, 0.717) is 5.56 Å². The molecular formula is C25H26ClNOS. The van der Waals surface area contributed by atoms with Crippen molar-refractivity contribution in [2.75, 3.05) is 0 Å². The molecular weight excluding hydrogens is 398 g/mol. The molecule has 3 aromatic rings. The molecule has 0 saturated heterocycles. The van der Waals surface area contributed by atoms with Crippen LogP contribution in [0.5, 0.6) is 0 Å². The normalized spacial score (nSPS) is 11.9. The Balaban J connectivity index is 1.61. The number of benzene rings is 3. The molecule has 2 nitrogen and oxygen atoms in total. The third kappa shape index (κ3) is 5.65. The van der Waals surface area contributed by atoms with Gasteiger partial charge in [0, 0.05) is 21.2 Å². The summed E-state index contributed by atoms with van der Waals surface area (Å²) in [4.78, 5) is 13.9. The second-order valence-corrected chi connectivity index (χ2v) is 8.91. The first-order chi connectivity index (χ1) is 13.8. The molecule has 0 aromatic heterocycles. The van der Waals surface area contributed by atoms with Crippen molar-refractivity contribution < 1.29 is 4.79 Å². The van der Waals surface area contributed by atoms with Gasteiger partial charge in [-0.15, -0.1) is 11.8 Å². The zero-order valence-electron chi connectivity index (χ0n) is 17.3. The molecule has 0 fully saturated rings. The maximum atomic E-state index is 12.7. The summed E-state index contributed by atoms with van der Waals surface area (Å²) in [5.41, 5.74) is 6.75. The number of rotatable bonds is 6. The fourth-order valence-electron chi connectivity index (χ4n) is 3.26. The van der Waals surface area contributed by atoms with Gasteiger partial charge in [-0.1, -0.05) is 35.9 Å². The molecule has 4 heteroatoms. The van der Waals surface area contributed by atoms with Crippen LogP contribution in [0.3, 0.4) is 0 Å². The molecule has 0 spiro atoms. The minimum Gasteiger partial charge on any atom is -0.346 e. The lowest BCUT2D eigenvalue weighted by molar-refractivity contribution is 0.0940. The summed E-state index contributed by atoms with van der Waals surface area (Å²) in [5, 5.41) is 3.87. The van der Waals surface area contributed by atoms with Crippen molar-refractivity contribution in [3.05, 3.63) is 99.1 Å². The summed E-state index contributed by atoms with van der Waals surface area (Å²) in [6, 6.07) is 20.0. The highest BCUT2D eigenvalue weighted by Crippen LogP contribution is 2.25. The van der Waals surface area contributed by atoms with Crippen molar-refractivity contribution in [2.45, 2.75) is 44.4 Å². The molecule has 0 heterocycles. The molecule has 0 aliphatic heterocycles. The van der Waals surface area contributed by atoms with Gasteiger partial charge in [0.1, 0.15) is 0 Å². The molecule has 150 valence electrons. The van der Waals surface area contributed by atoms with Crippen molar-refractivity contribution >= 4 is 29.3 Å². The largest absolute Gasteiger partial charge is 0.346 e. The highest BCUT2D eigenvalue weighted by atomic mass is 35.5. The monoisotopic (exact) mass is 423 g/mol. The molecule has 0 bridgehead atoms. The van der Waals surface area contributed by atoms with E-state index in [4.69, 9.17) is 11.6 Å². The van der Waals surface area contributed by atoms with Gasteiger partial charge in [0.05, 0.1) is 6.04 Å². The third-order valence-electron chi connectivity index (χ3n) is 5.13. The summed E-state index contributed by atoms with van der Waals surface area (Å²) in [6.07, 6.45) is 0. The van der Waals surface area contributed by atoms with Gasteiger partial charge in [0.15, 0.2) is 0 Å². The van der Waals surface area contributed by atoms with Gasteiger partial charge in [-0.2, -0.15) is 0 Å². The molecule has 3 rings (SSSR count). The maximum Gasteiger partial charge on any atom is 0.251 e. The highest BCUT2D eigenvalue weighted by molar-refractivity contribution is 7.98. The van der Waals surface area contributed by atoms with E-state index in [-0.39, 0.29) is 11.9 Å². The molecule has 1 N–H and O–H groups in total. The van der Waals surface area contributed by atoms with E-state index in [0.717, 1.165) is 16.3 Å². The minimum absolute atomic E-state index is 0.0399. The Morgan fingerprint density at radius 3 is 2.21 bits per heavy atom. The first-order valence-corrected chi connectivity index (χ1v) is 11.1. The van der Waals surface area contributed by atoms with Crippen LogP contribution in [0.2, 0.25) is 5.02 Å². The maximum absolute atomic E-state index is 12.7. The molecule has 0 saturated carbocycles. The summed E-state index contributed by atoms with van der Waals surface area (Å²) in [7, 11) is 0. The molecule has 0 radical (unpaired) electrons. The van der Waals surface area contributed by atoms with Crippen molar-refractivity contribution in [3.8, 4) is 0 Å². The fourth-order valence-corrected chi connectivity index (χ4v) is 4.24. The number of carbonyl (C=O) groups excluding carboxylic acids is 1. The van der Waals surface area contributed by atoms with Crippen molar-refractivity contribution in [1.82, 2.24) is 5.32 Å². The van der Waals surface area contributed by atoms with Crippen LogP contribution >= 0.6 is 23.4 Å². The molecule has 29 heavy (non-hydrogen) atoms. The Kier molecular flexibility index (Phi) is 7.05. The predicted octanol–water partition coefficient (Wildman–Crippen LogP) is 7.05. The van der Waals surface area contributed by atoms with E-state index in [1.54, 1.807) is 11.8 Å². The van der Waals surface area contributed by atoms with Crippen LogP contribution in [0.25, 0.3) is 0 Å². The standard InChI is InChI=1S/C25H26ClNOS/c1-16-13-18(3)24(14-17(16)2)19(4)27-25(28)21-7-5-20(6-8-21)15-29-23-11-9-22(26)10-12-23/h5-14,19H,15H2,1-4H3,(H,27,28)/t19-/m1/s1. The van der Waals surface area contributed by atoms with Gasteiger partial charge in [0.25, 0.3) is 5.91 Å². The summed E-state index contributed by atoms with van der Waals surface area (Å²) < 4.78 is 0. The Morgan fingerprint density at radius 2 is 1.55 bits per heavy atom. The van der Waals surface area contributed by atoms with Crippen molar-refractivity contribution in [3.63, 3.8) is 0 Å². The highest BCUT2D eigenvalue weighted by Gasteiger charge is 2.14. The smallest absolute Gasteiger partial charge is 0.251 e. The topological polar surface area (TPSA) is 29.1 Å². The van der Waals surface area contributed by atoms with Gasteiger partial charge >= 0.3 is 0 Å². The van der Waals surface area contributed by atoms with Crippen LogP contribution in [0.1, 0.15) is 51.1 Å². The number of amides is 1. The minimum atomic E-state index is -0.0490. The van der Waals surface area contributed by atoms with E-state index in [1.807, 2.05) is 55.5 Å². The number of halogens is 1. The zero-order valence-corrected chi connectivity index (χ0v) is 18.8. The van der Waals surface area contributed by atoms with Gasteiger partial charge in [-0.25, -0.2) is 0 Å². The van der Waals surface area contributed by atoms with Crippen LogP contribution in [0, 0.1) is 20.8 Å². The van der Waals surface area contributed by atoms with E-state index in [1.165, 1.54) is 27.1 Å². The Bertz CT molecular complexity index is 997. The summed E-state index contributed by atoms with van der Waals surface area (Å²) in [6.45, 7) is 8.35. The Labute approximate surface area is 182 Å². The number of hydrogen-bond acceptors (Lipinski definition) is 2.